The Morgan fingerprint density at radius 3 is 2.47 bits per heavy atom. The highest BCUT2D eigenvalue weighted by atomic mass is 32.2. The molecule has 8 heteroatoms. The molecule has 1 fully saturated rings. The topological polar surface area (TPSA) is 70.2 Å². The fourth-order valence-electron chi connectivity index (χ4n) is 5.80. The number of methoxy groups -OCH3 is 1. The predicted octanol–water partition coefficient (Wildman–Crippen LogP) is 4.37. The monoisotopic (exact) mass is 513 g/mol. The Morgan fingerprint density at radius 1 is 1.08 bits per heavy atom. The molecule has 36 heavy (non-hydrogen) atoms. The summed E-state index contributed by atoms with van der Waals surface area (Å²) in [4.78, 5) is 16.8. The van der Waals surface area contributed by atoms with Crippen LogP contribution in [0.5, 0.6) is 5.75 Å². The van der Waals surface area contributed by atoms with Gasteiger partial charge in [-0.25, -0.2) is 8.42 Å². The second-order valence-electron chi connectivity index (χ2n) is 10.5. The standard InChI is InChI=1S/C28H39N3O4S/c1-20(2)22-10-13-28(35-4)24(16-22)18-29-17-23-8-6-7-9-27(23)30(21(3)32)15-14-25-11-12-26(19-29)31(25)36(5,33)34/h6-10,13,16,20,25-26H,11-12,14-15,17-19H2,1-5H3/t25-,26+/m1/s1. The molecular weight excluding hydrogens is 474 g/mol. The van der Waals surface area contributed by atoms with Gasteiger partial charge in [0.1, 0.15) is 5.75 Å². The van der Waals surface area contributed by atoms with Crippen molar-refractivity contribution in [3.05, 3.63) is 59.2 Å². The summed E-state index contributed by atoms with van der Waals surface area (Å²) in [5.74, 6) is 1.19. The Balaban J connectivity index is 1.78. The Hall–Kier alpha value is -2.42. The maximum atomic E-state index is 12.9. The van der Waals surface area contributed by atoms with Gasteiger partial charge in [-0.2, -0.15) is 4.31 Å². The number of nitrogens with zero attached hydrogens (tertiary/aromatic N) is 3. The molecular formula is C28H39N3O4S. The molecule has 2 aliphatic rings. The van der Waals surface area contributed by atoms with Gasteiger partial charge in [-0.15, -0.1) is 0 Å². The number of benzene rings is 2. The van der Waals surface area contributed by atoms with Crippen molar-refractivity contribution >= 4 is 21.6 Å². The highest BCUT2D eigenvalue weighted by Gasteiger charge is 2.40. The minimum Gasteiger partial charge on any atom is -0.496 e. The van der Waals surface area contributed by atoms with E-state index in [2.05, 4.69) is 36.9 Å². The molecule has 0 N–H and O–H groups in total. The van der Waals surface area contributed by atoms with Crippen LogP contribution in [0.15, 0.2) is 42.5 Å². The zero-order chi connectivity index (χ0) is 26.0. The first kappa shape index (κ1) is 26.6. The minimum absolute atomic E-state index is 0.0278. The lowest BCUT2D eigenvalue weighted by molar-refractivity contribution is -0.116. The van der Waals surface area contributed by atoms with Crippen LogP contribution in [0.25, 0.3) is 0 Å². The first-order valence-electron chi connectivity index (χ1n) is 12.8. The number of para-hydroxylation sites is 1. The molecule has 1 saturated heterocycles. The Labute approximate surface area is 216 Å². The molecule has 2 heterocycles. The van der Waals surface area contributed by atoms with Gasteiger partial charge in [0, 0.05) is 56.4 Å². The third kappa shape index (κ3) is 5.76. The van der Waals surface area contributed by atoms with Crippen molar-refractivity contribution in [1.29, 1.82) is 0 Å². The molecule has 2 atom stereocenters. The van der Waals surface area contributed by atoms with E-state index in [0.717, 1.165) is 35.4 Å². The zero-order valence-electron chi connectivity index (χ0n) is 22.1. The molecule has 2 bridgehead atoms. The molecule has 7 nitrogen and oxygen atoms in total. The fraction of sp³-hybridized carbons (Fsp3) is 0.536. The summed E-state index contributed by atoms with van der Waals surface area (Å²) in [7, 11) is -1.71. The SMILES string of the molecule is COc1ccc(C(C)C)cc1CN1Cc2ccccc2N(C(C)=O)CC[C@H]2CC[C@@H](C1)N2S(C)(=O)=O. The van der Waals surface area contributed by atoms with Crippen molar-refractivity contribution < 1.29 is 17.9 Å². The van der Waals surface area contributed by atoms with Crippen molar-refractivity contribution in [3.8, 4) is 5.75 Å². The first-order valence-corrected chi connectivity index (χ1v) is 14.7. The van der Waals surface area contributed by atoms with E-state index in [4.69, 9.17) is 4.74 Å². The summed E-state index contributed by atoms with van der Waals surface area (Å²) in [6.07, 6.45) is 3.57. The van der Waals surface area contributed by atoms with E-state index in [1.54, 1.807) is 18.3 Å². The fourth-order valence-corrected chi connectivity index (χ4v) is 7.27. The number of sulfonamides is 1. The van der Waals surface area contributed by atoms with Crippen molar-refractivity contribution in [1.82, 2.24) is 9.21 Å². The molecule has 0 unspecified atom stereocenters. The number of hydrogen-bond donors (Lipinski definition) is 0. The number of anilines is 1. The summed E-state index contributed by atoms with van der Waals surface area (Å²) >= 11 is 0. The van der Waals surface area contributed by atoms with E-state index in [-0.39, 0.29) is 18.0 Å². The van der Waals surface area contributed by atoms with Crippen LogP contribution in [0.1, 0.15) is 62.6 Å². The normalized spacial score (nSPS) is 21.8. The third-order valence-corrected chi connectivity index (χ3v) is 8.87. The van der Waals surface area contributed by atoms with Gasteiger partial charge in [-0.3, -0.25) is 9.69 Å². The Morgan fingerprint density at radius 2 is 1.81 bits per heavy atom. The molecule has 0 aliphatic carbocycles. The minimum atomic E-state index is -3.39. The van der Waals surface area contributed by atoms with Crippen LogP contribution < -0.4 is 9.64 Å². The number of fused-ring (bicyclic) bond motifs is 3. The van der Waals surface area contributed by atoms with Crippen LogP contribution in [0, 0.1) is 0 Å². The van der Waals surface area contributed by atoms with Crippen LogP contribution >= 0.6 is 0 Å². The van der Waals surface area contributed by atoms with Crippen LogP contribution in [-0.2, 0) is 27.9 Å². The number of carbonyl (C=O) groups excluding carboxylic acids is 1. The van der Waals surface area contributed by atoms with Crippen molar-refractivity contribution in [2.24, 2.45) is 0 Å². The maximum Gasteiger partial charge on any atom is 0.223 e. The van der Waals surface area contributed by atoms with E-state index in [0.29, 0.717) is 38.5 Å². The molecule has 4 rings (SSSR count). The summed E-state index contributed by atoms with van der Waals surface area (Å²) in [6.45, 7) is 8.28. The lowest BCUT2D eigenvalue weighted by atomic mass is 9.99. The lowest BCUT2D eigenvalue weighted by Gasteiger charge is -2.32. The van der Waals surface area contributed by atoms with E-state index in [9.17, 15) is 13.2 Å². The number of carbonyl (C=O) groups is 1. The molecule has 2 aromatic carbocycles. The van der Waals surface area contributed by atoms with Crippen LogP contribution in [0.3, 0.4) is 0 Å². The predicted molar refractivity (Wildman–Crippen MR) is 144 cm³/mol. The van der Waals surface area contributed by atoms with Gasteiger partial charge in [-0.05, 0) is 48.4 Å². The van der Waals surface area contributed by atoms with Crippen LogP contribution in [0.4, 0.5) is 5.69 Å². The summed E-state index contributed by atoms with van der Waals surface area (Å²) in [5.41, 5.74) is 4.29. The molecule has 0 aromatic heterocycles. The summed E-state index contributed by atoms with van der Waals surface area (Å²) in [6, 6.07) is 14.2. The Kier molecular flexibility index (Phi) is 8.07. The van der Waals surface area contributed by atoms with Gasteiger partial charge in [0.2, 0.25) is 15.9 Å². The highest BCUT2D eigenvalue weighted by molar-refractivity contribution is 7.88. The number of ether oxygens (including phenoxy) is 1. The molecule has 0 spiro atoms. The molecule has 196 valence electrons. The van der Waals surface area contributed by atoms with E-state index in [1.165, 1.54) is 11.8 Å². The first-order chi connectivity index (χ1) is 17.1. The second kappa shape index (κ2) is 10.9. The van der Waals surface area contributed by atoms with E-state index in [1.807, 2.05) is 29.2 Å². The van der Waals surface area contributed by atoms with Gasteiger partial charge >= 0.3 is 0 Å². The highest BCUT2D eigenvalue weighted by Crippen LogP contribution is 2.34. The smallest absolute Gasteiger partial charge is 0.223 e. The second-order valence-corrected chi connectivity index (χ2v) is 12.3. The largest absolute Gasteiger partial charge is 0.496 e. The van der Waals surface area contributed by atoms with Gasteiger partial charge < -0.3 is 9.64 Å². The lowest BCUT2D eigenvalue weighted by Crippen LogP contribution is -2.46. The quantitative estimate of drug-likeness (QED) is 0.594. The molecule has 2 aliphatic heterocycles. The van der Waals surface area contributed by atoms with Gasteiger partial charge in [0.15, 0.2) is 0 Å². The van der Waals surface area contributed by atoms with Crippen molar-refractivity contribution in [2.75, 3.05) is 31.4 Å². The summed E-state index contributed by atoms with van der Waals surface area (Å²) in [5, 5.41) is 0. The Bertz CT molecular complexity index is 1200. The van der Waals surface area contributed by atoms with Crippen LogP contribution in [-0.4, -0.2) is 62.1 Å². The molecule has 0 saturated carbocycles. The average molecular weight is 514 g/mol. The van der Waals surface area contributed by atoms with E-state index >= 15 is 0 Å². The van der Waals surface area contributed by atoms with Crippen molar-refractivity contribution in [3.63, 3.8) is 0 Å². The number of hydrogen-bond acceptors (Lipinski definition) is 5. The van der Waals surface area contributed by atoms with Crippen molar-refractivity contribution in [2.45, 2.75) is 71.1 Å². The average Bonchev–Trinajstić information content (AvgIpc) is 3.21. The van der Waals surface area contributed by atoms with Gasteiger partial charge in [0.25, 0.3) is 0 Å². The number of amides is 1. The molecule has 1 amide bonds. The van der Waals surface area contributed by atoms with Gasteiger partial charge in [-0.1, -0.05) is 44.2 Å². The zero-order valence-corrected chi connectivity index (χ0v) is 22.9. The maximum absolute atomic E-state index is 12.9. The van der Waals surface area contributed by atoms with Crippen LogP contribution in [0.2, 0.25) is 0 Å². The third-order valence-electron chi connectivity index (χ3n) is 7.51. The van der Waals surface area contributed by atoms with E-state index < -0.39 is 10.0 Å². The number of rotatable bonds is 5. The molecule has 0 radical (unpaired) electrons. The van der Waals surface area contributed by atoms with Gasteiger partial charge in [0.05, 0.1) is 13.4 Å². The molecule has 2 aromatic rings. The summed E-state index contributed by atoms with van der Waals surface area (Å²) < 4.78 is 33.3.